The van der Waals surface area contributed by atoms with Crippen LogP contribution in [-0.2, 0) is 4.79 Å². The Morgan fingerprint density at radius 1 is 1.56 bits per heavy atom. The summed E-state index contributed by atoms with van der Waals surface area (Å²) in [6, 6.07) is 1.37. The molecule has 6 heteroatoms. The van der Waals surface area contributed by atoms with E-state index in [4.69, 9.17) is 9.84 Å². The van der Waals surface area contributed by atoms with Crippen molar-refractivity contribution < 1.29 is 14.6 Å². The van der Waals surface area contributed by atoms with Crippen molar-refractivity contribution >= 4 is 11.9 Å². The van der Waals surface area contributed by atoms with Crippen LogP contribution in [0.2, 0.25) is 0 Å². The van der Waals surface area contributed by atoms with Crippen molar-refractivity contribution in [1.29, 1.82) is 0 Å². The molecule has 2 N–H and O–H groups in total. The zero-order chi connectivity index (χ0) is 13.8. The summed E-state index contributed by atoms with van der Waals surface area (Å²) < 4.78 is 5.00. The van der Waals surface area contributed by atoms with Crippen molar-refractivity contribution in [2.45, 2.75) is 33.2 Å². The molecule has 0 aliphatic carbocycles. The number of nitrogens with zero attached hydrogens (tertiary/aromatic N) is 2. The number of nitrogens with one attached hydrogen (secondary N) is 1. The first-order chi connectivity index (χ1) is 8.32. The highest BCUT2D eigenvalue weighted by atomic mass is 16.5. The van der Waals surface area contributed by atoms with Gasteiger partial charge in [0.2, 0.25) is 11.8 Å². The molecule has 1 heterocycles. The lowest BCUT2D eigenvalue weighted by atomic mass is 9.85. The number of carboxylic acids is 1. The molecule has 1 atom stereocenters. The van der Waals surface area contributed by atoms with E-state index in [2.05, 4.69) is 15.3 Å². The number of carbonyl (C=O) groups is 1. The van der Waals surface area contributed by atoms with Crippen molar-refractivity contribution in [3.05, 3.63) is 12.3 Å². The highest BCUT2D eigenvalue weighted by molar-refractivity contribution is 5.68. The van der Waals surface area contributed by atoms with Crippen LogP contribution < -0.4 is 10.1 Å². The molecule has 100 valence electrons. The highest BCUT2D eigenvalue weighted by Gasteiger charge is 2.27. The summed E-state index contributed by atoms with van der Waals surface area (Å²) in [5.74, 6) is -0.0451. The third kappa shape index (κ3) is 4.20. The summed E-state index contributed by atoms with van der Waals surface area (Å²) in [5, 5.41) is 12.0. The van der Waals surface area contributed by atoms with Crippen molar-refractivity contribution in [3.63, 3.8) is 0 Å². The SMILES string of the molecule is COc1ccnc(NC(CC(=O)O)C(C)(C)C)n1. The normalized spacial score (nSPS) is 12.9. The first-order valence-electron chi connectivity index (χ1n) is 5.68. The lowest BCUT2D eigenvalue weighted by Gasteiger charge is -2.30. The third-order valence-electron chi connectivity index (χ3n) is 2.57. The van der Waals surface area contributed by atoms with Gasteiger partial charge in [-0.3, -0.25) is 4.79 Å². The van der Waals surface area contributed by atoms with Crippen LogP contribution in [0, 0.1) is 5.41 Å². The number of carboxylic acid groups (broad SMARTS) is 1. The Kier molecular flexibility index (Phi) is 4.47. The summed E-state index contributed by atoms with van der Waals surface area (Å²) in [7, 11) is 1.52. The molecule has 6 nitrogen and oxygen atoms in total. The standard InChI is InChI=1S/C12H19N3O3/c1-12(2,3)8(7-10(16)17)14-11-13-6-5-9(15-11)18-4/h5-6,8H,7H2,1-4H3,(H,16,17)(H,13,14,15). The lowest BCUT2D eigenvalue weighted by Crippen LogP contribution is -2.36. The van der Waals surface area contributed by atoms with E-state index in [1.807, 2.05) is 20.8 Å². The molecule has 1 rings (SSSR count). The van der Waals surface area contributed by atoms with Crippen LogP contribution in [0.3, 0.4) is 0 Å². The lowest BCUT2D eigenvalue weighted by molar-refractivity contribution is -0.137. The number of hydrogen-bond donors (Lipinski definition) is 2. The predicted molar refractivity (Wildman–Crippen MR) is 67.7 cm³/mol. The van der Waals surface area contributed by atoms with E-state index in [1.54, 1.807) is 12.3 Å². The Morgan fingerprint density at radius 2 is 2.22 bits per heavy atom. The monoisotopic (exact) mass is 253 g/mol. The topological polar surface area (TPSA) is 84.3 Å². The van der Waals surface area contributed by atoms with Gasteiger partial charge in [-0.25, -0.2) is 4.98 Å². The number of methoxy groups -OCH3 is 1. The van der Waals surface area contributed by atoms with Gasteiger partial charge in [0.05, 0.1) is 13.5 Å². The first kappa shape index (κ1) is 14.2. The average Bonchev–Trinajstić information content (AvgIpc) is 2.26. The molecule has 0 fully saturated rings. The molecule has 0 saturated heterocycles. The summed E-state index contributed by atoms with van der Waals surface area (Å²) >= 11 is 0. The van der Waals surface area contributed by atoms with Gasteiger partial charge in [-0.15, -0.1) is 0 Å². The largest absolute Gasteiger partial charge is 0.481 e. The first-order valence-corrected chi connectivity index (χ1v) is 5.68. The van der Waals surface area contributed by atoms with Crippen LogP contribution in [0.5, 0.6) is 5.88 Å². The van der Waals surface area contributed by atoms with Gasteiger partial charge < -0.3 is 15.2 Å². The van der Waals surface area contributed by atoms with Gasteiger partial charge >= 0.3 is 5.97 Å². The maximum atomic E-state index is 10.9. The second-order valence-corrected chi connectivity index (χ2v) is 5.08. The molecule has 1 unspecified atom stereocenters. The Morgan fingerprint density at radius 3 is 2.72 bits per heavy atom. The summed E-state index contributed by atoms with van der Waals surface area (Å²) in [4.78, 5) is 19.0. The van der Waals surface area contributed by atoms with Gasteiger partial charge in [0, 0.05) is 18.3 Å². The molecule has 0 amide bonds. The maximum Gasteiger partial charge on any atom is 0.305 e. The van der Waals surface area contributed by atoms with E-state index in [0.717, 1.165) is 0 Å². The average molecular weight is 253 g/mol. The Labute approximate surface area is 106 Å². The molecule has 0 aliphatic heterocycles. The minimum absolute atomic E-state index is 0.00404. The van der Waals surface area contributed by atoms with Crippen molar-refractivity contribution in [1.82, 2.24) is 9.97 Å². The molecule has 0 spiro atoms. The Hall–Kier alpha value is -1.85. The molecule has 0 saturated carbocycles. The van der Waals surface area contributed by atoms with Crippen LogP contribution in [0.1, 0.15) is 27.2 Å². The number of rotatable bonds is 5. The van der Waals surface area contributed by atoms with E-state index in [1.165, 1.54) is 7.11 Å². The van der Waals surface area contributed by atoms with Gasteiger partial charge in [-0.05, 0) is 5.41 Å². The van der Waals surface area contributed by atoms with Crippen LogP contribution >= 0.6 is 0 Å². The molecule has 0 aromatic carbocycles. The van der Waals surface area contributed by atoms with Gasteiger partial charge in [0.15, 0.2) is 0 Å². The molecule has 0 bridgehead atoms. The zero-order valence-corrected chi connectivity index (χ0v) is 11.1. The fourth-order valence-electron chi connectivity index (χ4n) is 1.43. The van der Waals surface area contributed by atoms with Crippen LogP contribution in [0.4, 0.5) is 5.95 Å². The van der Waals surface area contributed by atoms with Gasteiger partial charge in [0.1, 0.15) is 0 Å². The summed E-state index contributed by atoms with van der Waals surface area (Å²) in [6.07, 6.45) is 1.57. The number of aromatic nitrogens is 2. The zero-order valence-electron chi connectivity index (χ0n) is 11.1. The number of anilines is 1. The van der Waals surface area contributed by atoms with Crippen molar-refractivity contribution in [2.75, 3.05) is 12.4 Å². The van der Waals surface area contributed by atoms with Gasteiger partial charge in [0.25, 0.3) is 0 Å². The minimum Gasteiger partial charge on any atom is -0.481 e. The predicted octanol–water partition coefficient (Wildman–Crippen LogP) is 1.79. The molecule has 0 radical (unpaired) electrons. The number of ether oxygens (including phenoxy) is 1. The Bertz CT molecular complexity index is 415. The molecular formula is C12H19N3O3. The van der Waals surface area contributed by atoms with E-state index in [-0.39, 0.29) is 17.9 Å². The van der Waals surface area contributed by atoms with E-state index < -0.39 is 5.97 Å². The molecule has 18 heavy (non-hydrogen) atoms. The van der Waals surface area contributed by atoms with E-state index in [9.17, 15) is 4.79 Å². The van der Waals surface area contributed by atoms with E-state index >= 15 is 0 Å². The van der Waals surface area contributed by atoms with E-state index in [0.29, 0.717) is 11.8 Å². The number of aliphatic carboxylic acids is 1. The fraction of sp³-hybridized carbons (Fsp3) is 0.583. The van der Waals surface area contributed by atoms with Crippen LogP contribution in [-0.4, -0.2) is 34.2 Å². The third-order valence-corrected chi connectivity index (χ3v) is 2.57. The molecule has 1 aromatic heterocycles. The molecule has 1 aromatic rings. The summed E-state index contributed by atoms with van der Waals surface area (Å²) in [6.45, 7) is 5.90. The van der Waals surface area contributed by atoms with Crippen LogP contribution in [0.25, 0.3) is 0 Å². The van der Waals surface area contributed by atoms with Crippen LogP contribution in [0.15, 0.2) is 12.3 Å². The quantitative estimate of drug-likeness (QED) is 0.832. The fourth-order valence-corrected chi connectivity index (χ4v) is 1.43. The molecular weight excluding hydrogens is 234 g/mol. The minimum atomic E-state index is -0.856. The van der Waals surface area contributed by atoms with Gasteiger partial charge in [-0.1, -0.05) is 20.8 Å². The Balaban J connectivity index is 2.85. The highest BCUT2D eigenvalue weighted by Crippen LogP contribution is 2.24. The maximum absolute atomic E-state index is 10.9. The smallest absolute Gasteiger partial charge is 0.305 e. The second-order valence-electron chi connectivity index (χ2n) is 5.08. The van der Waals surface area contributed by atoms with Crippen molar-refractivity contribution in [2.24, 2.45) is 5.41 Å². The number of hydrogen-bond acceptors (Lipinski definition) is 5. The molecule has 0 aliphatic rings. The second kappa shape index (κ2) is 5.66. The van der Waals surface area contributed by atoms with Gasteiger partial charge in [-0.2, -0.15) is 4.98 Å². The van der Waals surface area contributed by atoms with Crippen molar-refractivity contribution in [3.8, 4) is 5.88 Å². The summed E-state index contributed by atoms with van der Waals surface area (Å²) in [5.41, 5.74) is -0.217.